The molecule has 0 spiro atoms. The molecule has 0 bridgehead atoms. The molecule has 0 aliphatic heterocycles. The van der Waals surface area contributed by atoms with E-state index >= 15 is 0 Å². The molecule has 2 amide bonds. The molecule has 33 heavy (non-hydrogen) atoms. The fourth-order valence-electron chi connectivity index (χ4n) is 3.33. The number of nitrogens with zero attached hydrogens (tertiary/aromatic N) is 2. The van der Waals surface area contributed by atoms with Crippen molar-refractivity contribution in [1.29, 1.82) is 0 Å². The van der Waals surface area contributed by atoms with Gasteiger partial charge in [-0.15, -0.1) is 0 Å². The van der Waals surface area contributed by atoms with Gasteiger partial charge in [-0.05, 0) is 55.2 Å². The monoisotopic (exact) mass is 493 g/mol. The van der Waals surface area contributed by atoms with Gasteiger partial charge < -0.3 is 10.2 Å². The lowest BCUT2D eigenvalue weighted by Crippen LogP contribution is -2.51. The number of nitrogens with one attached hydrogen (secondary N) is 1. The van der Waals surface area contributed by atoms with Crippen LogP contribution in [-0.4, -0.2) is 50.5 Å². The van der Waals surface area contributed by atoms with E-state index in [1.807, 2.05) is 26.0 Å². The highest BCUT2D eigenvalue weighted by molar-refractivity contribution is 7.92. The minimum atomic E-state index is -3.75. The molecule has 1 N–H and O–H groups in total. The molecule has 1 atom stereocenters. The van der Waals surface area contributed by atoms with Crippen LogP contribution >= 0.6 is 11.6 Å². The van der Waals surface area contributed by atoms with E-state index in [0.717, 1.165) is 21.7 Å². The van der Waals surface area contributed by atoms with Crippen molar-refractivity contribution in [3.8, 4) is 0 Å². The van der Waals surface area contributed by atoms with Gasteiger partial charge >= 0.3 is 0 Å². The highest BCUT2D eigenvalue weighted by Crippen LogP contribution is 2.23. The van der Waals surface area contributed by atoms with Crippen LogP contribution in [0.25, 0.3) is 0 Å². The van der Waals surface area contributed by atoms with Gasteiger partial charge in [0, 0.05) is 18.1 Å². The molecule has 9 heteroatoms. The standard InChI is InChI=1S/C24H32ClN3O4S/c1-6-26-24(30)18(4)27(15-19-7-11-21(25)12-8-19)23(29)16-28(33(5,31)32)22-13-9-20(10-14-22)17(2)3/h7-14,17-18H,6,15-16H2,1-5H3,(H,26,30). The molecule has 0 aliphatic rings. The van der Waals surface area contributed by atoms with Gasteiger partial charge in [-0.3, -0.25) is 13.9 Å². The van der Waals surface area contributed by atoms with Crippen molar-refractivity contribution >= 4 is 39.1 Å². The molecular formula is C24H32ClN3O4S. The summed E-state index contributed by atoms with van der Waals surface area (Å²) < 4.78 is 26.2. The van der Waals surface area contributed by atoms with E-state index in [2.05, 4.69) is 5.32 Å². The average Bonchev–Trinajstić information content (AvgIpc) is 2.76. The Morgan fingerprint density at radius 1 is 1.00 bits per heavy atom. The summed E-state index contributed by atoms with van der Waals surface area (Å²) in [5.41, 5.74) is 2.23. The molecule has 1 unspecified atom stereocenters. The number of rotatable bonds is 10. The molecule has 7 nitrogen and oxygen atoms in total. The number of sulfonamides is 1. The molecular weight excluding hydrogens is 462 g/mol. The molecule has 2 aromatic carbocycles. The van der Waals surface area contributed by atoms with Crippen molar-refractivity contribution < 1.29 is 18.0 Å². The second kappa shape index (κ2) is 11.5. The molecule has 180 valence electrons. The Morgan fingerprint density at radius 2 is 1.58 bits per heavy atom. The van der Waals surface area contributed by atoms with E-state index < -0.39 is 28.5 Å². The van der Waals surface area contributed by atoms with Crippen LogP contribution in [0, 0.1) is 0 Å². The summed E-state index contributed by atoms with van der Waals surface area (Å²) >= 11 is 5.96. The third kappa shape index (κ3) is 7.47. The van der Waals surface area contributed by atoms with Crippen molar-refractivity contribution in [3.63, 3.8) is 0 Å². The first kappa shape index (κ1) is 26.7. The highest BCUT2D eigenvalue weighted by atomic mass is 35.5. The molecule has 0 fully saturated rings. The lowest BCUT2D eigenvalue weighted by molar-refractivity contribution is -0.139. The molecule has 0 saturated carbocycles. The number of benzene rings is 2. The molecule has 0 radical (unpaired) electrons. The van der Waals surface area contributed by atoms with Crippen LogP contribution in [0.4, 0.5) is 5.69 Å². The predicted molar refractivity (Wildman–Crippen MR) is 133 cm³/mol. The quantitative estimate of drug-likeness (QED) is 0.545. The van der Waals surface area contributed by atoms with Gasteiger partial charge in [0.05, 0.1) is 11.9 Å². The first-order valence-corrected chi connectivity index (χ1v) is 13.1. The van der Waals surface area contributed by atoms with Crippen LogP contribution in [0.1, 0.15) is 44.7 Å². The van der Waals surface area contributed by atoms with Gasteiger partial charge in [0.25, 0.3) is 0 Å². The third-order valence-corrected chi connectivity index (χ3v) is 6.70. The molecule has 0 aliphatic carbocycles. The van der Waals surface area contributed by atoms with Gasteiger partial charge in [0.1, 0.15) is 12.6 Å². The second-order valence-electron chi connectivity index (χ2n) is 8.23. The lowest BCUT2D eigenvalue weighted by Gasteiger charge is -2.31. The maximum atomic E-state index is 13.4. The molecule has 0 heterocycles. The van der Waals surface area contributed by atoms with Gasteiger partial charge in [-0.2, -0.15) is 0 Å². The van der Waals surface area contributed by atoms with Crippen molar-refractivity contribution in [2.45, 2.75) is 46.2 Å². The fraction of sp³-hybridized carbons (Fsp3) is 0.417. The smallest absolute Gasteiger partial charge is 0.244 e. The van der Waals surface area contributed by atoms with Crippen molar-refractivity contribution in [2.75, 3.05) is 23.7 Å². The van der Waals surface area contributed by atoms with Crippen molar-refractivity contribution in [2.24, 2.45) is 0 Å². The van der Waals surface area contributed by atoms with E-state index in [0.29, 0.717) is 23.2 Å². The number of carbonyl (C=O) groups excluding carboxylic acids is 2. The van der Waals surface area contributed by atoms with E-state index in [9.17, 15) is 18.0 Å². The first-order chi connectivity index (χ1) is 15.4. The minimum Gasteiger partial charge on any atom is -0.355 e. The summed E-state index contributed by atoms with van der Waals surface area (Å²) in [6, 6.07) is 13.2. The summed E-state index contributed by atoms with van der Waals surface area (Å²) in [5, 5.41) is 3.28. The van der Waals surface area contributed by atoms with Crippen LogP contribution in [0.2, 0.25) is 5.02 Å². The average molecular weight is 494 g/mol. The fourth-order valence-corrected chi connectivity index (χ4v) is 4.31. The number of likely N-dealkylation sites (N-methyl/N-ethyl adjacent to an activating group) is 1. The lowest BCUT2D eigenvalue weighted by atomic mass is 10.0. The van der Waals surface area contributed by atoms with Crippen molar-refractivity contribution in [1.82, 2.24) is 10.2 Å². The number of amides is 2. The largest absolute Gasteiger partial charge is 0.355 e. The van der Waals surface area contributed by atoms with Crippen LogP contribution in [0.5, 0.6) is 0 Å². The van der Waals surface area contributed by atoms with Gasteiger partial charge in [-0.1, -0.05) is 49.7 Å². The van der Waals surface area contributed by atoms with Crippen molar-refractivity contribution in [3.05, 3.63) is 64.7 Å². The van der Waals surface area contributed by atoms with E-state index in [1.165, 1.54) is 4.90 Å². The zero-order valence-electron chi connectivity index (χ0n) is 19.7. The zero-order chi connectivity index (χ0) is 24.8. The Hall–Kier alpha value is -2.58. The van der Waals surface area contributed by atoms with Crippen LogP contribution < -0.4 is 9.62 Å². The van der Waals surface area contributed by atoms with E-state index in [4.69, 9.17) is 11.6 Å². The topological polar surface area (TPSA) is 86.8 Å². The van der Waals surface area contributed by atoms with Crippen LogP contribution in [0.3, 0.4) is 0 Å². The summed E-state index contributed by atoms with van der Waals surface area (Å²) in [6.45, 7) is 7.65. The number of carbonyl (C=O) groups is 2. The van der Waals surface area contributed by atoms with E-state index in [1.54, 1.807) is 50.2 Å². The summed E-state index contributed by atoms with van der Waals surface area (Å²) in [4.78, 5) is 27.3. The molecule has 0 saturated heterocycles. The van der Waals surface area contributed by atoms with Gasteiger partial charge in [-0.25, -0.2) is 8.42 Å². The Labute approximate surface area is 201 Å². The van der Waals surface area contributed by atoms with Gasteiger partial charge in [0.2, 0.25) is 21.8 Å². The SMILES string of the molecule is CCNC(=O)C(C)N(Cc1ccc(Cl)cc1)C(=O)CN(c1ccc(C(C)C)cc1)S(C)(=O)=O. The maximum Gasteiger partial charge on any atom is 0.244 e. The second-order valence-corrected chi connectivity index (χ2v) is 10.6. The first-order valence-electron chi connectivity index (χ1n) is 10.8. The Bertz CT molecular complexity index is 1050. The zero-order valence-corrected chi connectivity index (χ0v) is 21.3. The molecule has 0 aromatic heterocycles. The third-order valence-electron chi connectivity index (χ3n) is 5.31. The minimum absolute atomic E-state index is 0.137. The number of halogens is 1. The number of anilines is 1. The normalized spacial score (nSPS) is 12.3. The Kier molecular flexibility index (Phi) is 9.31. The summed E-state index contributed by atoms with van der Waals surface area (Å²) in [6.07, 6.45) is 1.06. The van der Waals surface area contributed by atoms with Crippen LogP contribution in [0.15, 0.2) is 48.5 Å². The van der Waals surface area contributed by atoms with Crippen LogP contribution in [-0.2, 0) is 26.2 Å². The molecule has 2 rings (SSSR count). The Balaban J connectivity index is 2.36. The maximum absolute atomic E-state index is 13.4. The summed E-state index contributed by atoms with van der Waals surface area (Å²) in [5.74, 6) is -0.505. The molecule has 2 aromatic rings. The van der Waals surface area contributed by atoms with E-state index in [-0.39, 0.29) is 12.5 Å². The predicted octanol–water partition coefficient (Wildman–Crippen LogP) is 3.78. The van der Waals surface area contributed by atoms with Gasteiger partial charge in [0.15, 0.2) is 0 Å². The Morgan fingerprint density at radius 3 is 2.06 bits per heavy atom. The number of hydrogen-bond donors (Lipinski definition) is 1. The summed E-state index contributed by atoms with van der Waals surface area (Å²) in [7, 11) is -3.75. The number of hydrogen-bond acceptors (Lipinski definition) is 4. The highest BCUT2D eigenvalue weighted by Gasteiger charge is 2.29.